The average Bonchev–Trinajstić information content (AvgIpc) is 2.50. The predicted molar refractivity (Wildman–Crippen MR) is 80.8 cm³/mol. The third-order valence-electron chi connectivity index (χ3n) is 3.62. The van der Waals surface area contributed by atoms with Gasteiger partial charge in [0.1, 0.15) is 0 Å². The summed E-state index contributed by atoms with van der Waals surface area (Å²) in [5, 5.41) is 0. The Morgan fingerprint density at radius 1 is 0.952 bits per heavy atom. The van der Waals surface area contributed by atoms with E-state index in [1.54, 1.807) is 13.8 Å². The number of aryl methyl sites for hydroxylation is 1. The number of benzene rings is 1. The first kappa shape index (κ1) is 17.2. The SMILES string of the molecule is CCOC(=O)C(CC)(CCc1ccccc1)C(=O)OCC. The van der Waals surface area contributed by atoms with Crippen LogP contribution in [0, 0.1) is 5.41 Å². The van der Waals surface area contributed by atoms with Crippen molar-refractivity contribution >= 4 is 11.9 Å². The summed E-state index contributed by atoms with van der Waals surface area (Å²) >= 11 is 0. The Morgan fingerprint density at radius 3 is 1.90 bits per heavy atom. The molecule has 4 heteroatoms. The maximum atomic E-state index is 12.3. The molecular weight excluding hydrogens is 268 g/mol. The Morgan fingerprint density at radius 2 is 1.48 bits per heavy atom. The van der Waals surface area contributed by atoms with Gasteiger partial charge in [-0.3, -0.25) is 9.59 Å². The first-order chi connectivity index (χ1) is 10.1. The molecule has 0 atom stereocenters. The van der Waals surface area contributed by atoms with Gasteiger partial charge < -0.3 is 9.47 Å². The zero-order valence-corrected chi connectivity index (χ0v) is 13.1. The number of carbonyl (C=O) groups excluding carboxylic acids is 2. The van der Waals surface area contributed by atoms with E-state index in [1.165, 1.54) is 0 Å². The smallest absolute Gasteiger partial charge is 0.323 e. The van der Waals surface area contributed by atoms with E-state index in [0.29, 0.717) is 19.3 Å². The Bertz CT molecular complexity index is 435. The van der Waals surface area contributed by atoms with Crippen molar-refractivity contribution in [1.29, 1.82) is 0 Å². The van der Waals surface area contributed by atoms with E-state index < -0.39 is 17.4 Å². The lowest BCUT2D eigenvalue weighted by atomic mass is 9.79. The van der Waals surface area contributed by atoms with Crippen LogP contribution in [0.25, 0.3) is 0 Å². The van der Waals surface area contributed by atoms with Crippen LogP contribution in [0.1, 0.15) is 39.2 Å². The van der Waals surface area contributed by atoms with Crippen LogP contribution in [-0.2, 0) is 25.5 Å². The molecule has 0 saturated carbocycles. The highest BCUT2D eigenvalue weighted by atomic mass is 16.6. The summed E-state index contributed by atoms with van der Waals surface area (Å²) in [5.41, 5.74) is -0.120. The quantitative estimate of drug-likeness (QED) is 0.545. The van der Waals surface area contributed by atoms with E-state index in [-0.39, 0.29) is 13.2 Å². The molecule has 0 N–H and O–H groups in total. The van der Waals surface area contributed by atoms with Crippen LogP contribution in [0.5, 0.6) is 0 Å². The van der Waals surface area contributed by atoms with E-state index in [0.717, 1.165) is 5.56 Å². The summed E-state index contributed by atoms with van der Waals surface area (Å²) in [6.07, 6.45) is 1.40. The van der Waals surface area contributed by atoms with Gasteiger partial charge in [0.15, 0.2) is 5.41 Å². The number of carbonyl (C=O) groups is 2. The van der Waals surface area contributed by atoms with Crippen LogP contribution in [0.4, 0.5) is 0 Å². The molecule has 21 heavy (non-hydrogen) atoms. The molecule has 0 fully saturated rings. The van der Waals surface area contributed by atoms with Gasteiger partial charge in [-0.1, -0.05) is 37.3 Å². The molecule has 0 saturated heterocycles. The number of esters is 2. The third-order valence-corrected chi connectivity index (χ3v) is 3.62. The van der Waals surface area contributed by atoms with Gasteiger partial charge in [-0.05, 0) is 38.7 Å². The molecule has 0 aromatic heterocycles. The van der Waals surface area contributed by atoms with E-state index >= 15 is 0 Å². The minimum absolute atomic E-state index is 0.255. The molecule has 0 amide bonds. The topological polar surface area (TPSA) is 52.6 Å². The van der Waals surface area contributed by atoms with E-state index in [9.17, 15) is 9.59 Å². The van der Waals surface area contributed by atoms with E-state index in [4.69, 9.17) is 9.47 Å². The largest absolute Gasteiger partial charge is 0.465 e. The second-order valence-corrected chi connectivity index (χ2v) is 4.86. The van der Waals surface area contributed by atoms with Crippen LogP contribution in [-0.4, -0.2) is 25.2 Å². The van der Waals surface area contributed by atoms with Crippen LogP contribution in [0.15, 0.2) is 30.3 Å². The summed E-state index contributed by atoms with van der Waals surface area (Å²) in [6, 6.07) is 9.79. The first-order valence-corrected chi connectivity index (χ1v) is 7.49. The van der Waals surface area contributed by atoms with Gasteiger partial charge >= 0.3 is 11.9 Å². The fourth-order valence-corrected chi connectivity index (χ4v) is 2.29. The van der Waals surface area contributed by atoms with Gasteiger partial charge in [0.05, 0.1) is 13.2 Å². The summed E-state index contributed by atoms with van der Waals surface area (Å²) in [6.45, 7) is 5.80. The third kappa shape index (κ3) is 4.31. The van der Waals surface area contributed by atoms with Crippen LogP contribution >= 0.6 is 0 Å². The van der Waals surface area contributed by atoms with Crippen molar-refractivity contribution in [2.75, 3.05) is 13.2 Å². The molecule has 0 spiro atoms. The molecule has 116 valence electrons. The molecule has 0 aliphatic carbocycles. The first-order valence-electron chi connectivity index (χ1n) is 7.49. The standard InChI is InChI=1S/C17H24O4/c1-4-17(15(18)20-5-2,16(19)21-6-3)13-12-14-10-8-7-9-11-14/h7-11H,4-6,12-13H2,1-3H3. The maximum Gasteiger partial charge on any atom is 0.323 e. The molecule has 4 nitrogen and oxygen atoms in total. The molecule has 1 aromatic rings. The van der Waals surface area contributed by atoms with Crippen molar-refractivity contribution in [3.05, 3.63) is 35.9 Å². The molecular formula is C17H24O4. The van der Waals surface area contributed by atoms with Gasteiger partial charge in [-0.2, -0.15) is 0 Å². The normalized spacial score (nSPS) is 11.0. The molecule has 1 aromatic carbocycles. The molecule has 0 unspecified atom stereocenters. The summed E-state index contributed by atoms with van der Waals surface area (Å²) < 4.78 is 10.2. The summed E-state index contributed by atoms with van der Waals surface area (Å²) in [7, 11) is 0. The Kier molecular flexibility index (Phi) is 6.92. The van der Waals surface area contributed by atoms with Crippen molar-refractivity contribution < 1.29 is 19.1 Å². The molecule has 0 aliphatic rings. The lowest BCUT2D eigenvalue weighted by Gasteiger charge is -2.28. The zero-order valence-electron chi connectivity index (χ0n) is 13.1. The maximum absolute atomic E-state index is 12.3. The monoisotopic (exact) mass is 292 g/mol. The second kappa shape index (κ2) is 8.45. The van der Waals surface area contributed by atoms with Gasteiger partial charge in [0.25, 0.3) is 0 Å². The molecule has 0 aliphatic heterocycles. The van der Waals surface area contributed by atoms with Crippen molar-refractivity contribution in [3.8, 4) is 0 Å². The van der Waals surface area contributed by atoms with Crippen molar-refractivity contribution in [2.24, 2.45) is 5.41 Å². The van der Waals surface area contributed by atoms with Crippen molar-refractivity contribution in [3.63, 3.8) is 0 Å². The van der Waals surface area contributed by atoms with E-state index in [1.807, 2.05) is 37.3 Å². The van der Waals surface area contributed by atoms with Crippen molar-refractivity contribution in [2.45, 2.75) is 40.0 Å². The lowest BCUT2D eigenvalue weighted by Crippen LogP contribution is -2.42. The van der Waals surface area contributed by atoms with E-state index in [2.05, 4.69) is 0 Å². The number of ether oxygens (including phenoxy) is 2. The van der Waals surface area contributed by atoms with Crippen molar-refractivity contribution in [1.82, 2.24) is 0 Å². The molecule has 1 rings (SSSR count). The van der Waals surface area contributed by atoms with Crippen LogP contribution < -0.4 is 0 Å². The molecule has 0 heterocycles. The number of rotatable bonds is 8. The van der Waals surface area contributed by atoms with Gasteiger partial charge in [-0.25, -0.2) is 0 Å². The van der Waals surface area contributed by atoms with Gasteiger partial charge in [-0.15, -0.1) is 0 Å². The number of hydrogen-bond acceptors (Lipinski definition) is 4. The highest BCUT2D eigenvalue weighted by Gasteiger charge is 2.46. The zero-order chi connectivity index (χ0) is 15.7. The predicted octanol–water partition coefficient (Wildman–Crippen LogP) is 3.14. The Balaban J connectivity index is 2.94. The Hall–Kier alpha value is -1.84. The summed E-state index contributed by atoms with van der Waals surface area (Å²) in [5.74, 6) is -0.969. The molecule has 0 radical (unpaired) electrons. The Labute approximate surface area is 126 Å². The minimum atomic E-state index is -1.21. The highest BCUT2D eigenvalue weighted by molar-refractivity contribution is 6.00. The highest BCUT2D eigenvalue weighted by Crippen LogP contribution is 2.32. The lowest BCUT2D eigenvalue weighted by molar-refractivity contribution is -0.173. The van der Waals surface area contributed by atoms with Gasteiger partial charge in [0.2, 0.25) is 0 Å². The fourth-order valence-electron chi connectivity index (χ4n) is 2.29. The fraction of sp³-hybridized carbons (Fsp3) is 0.529. The average molecular weight is 292 g/mol. The second-order valence-electron chi connectivity index (χ2n) is 4.86. The number of hydrogen-bond donors (Lipinski definition) is 0. The summed E-state index contributed by atoms with van der Waals surface area (Å²) in [4.78, 5) is 24.6. The minimum Gasteiger partial charge on any atom is -0.465 e. The van der Waals surface area contributed by atoms with Crippen LogP contribution in [0.3, 0.4) is 0 Å². The van der Waals surface area contributed by atoms with Crippen LogP contribution in [0.2, 0.25) is 0 Å². The molecule has 0 bridgehead atoms. The van der Waals surface area contributed by atoms with Gasteiger partial charge in [0, 0.05) is 0 Å².